The average Bonchev–Trinajstić information content (AvgIpc) is 3.56. The second-order valence-corrected chi connectivity index (χ2v) is 7.53. The highest BCUT2D eigenvalue weighted by atomic mass is 16.3. The minimum absolute atomic E-state index is 0.0376. The van der Waals surface area contributed by atoms with Gasteiger partial charge in [-0.05, 0) is 46.5 Å². The van der Waals surface area contributed by atoms with E-state index >= 15 is 0 Å². The monoisotopic (exact) mass is 419 g/mol. The Morgan fingerprint density at radius 2 is 1.41 bits per heavy atom. The van der Waals surface area contributed by atoms with Crippen molar-refractivity contribution in [1.29, 1.82) is 0 Å². The fraction of sp³-hybridized carbons (Fsp3) is 0. The average molecular weight is 420 g/mol. The van der Waals surface area contributed by atoms with Gasteiger partial charge in [0.1, 0.15) is 5.58 Å². The van der Waals surface area contributed by atoms with Gasteiger partial charge < -0.3 is 9.40 Å². The minimum Gasteiger partial charge on any atom is -0.454 e. The van der Waals surface area contributed by atoms with E-state index in [0.717, 1.165) is 5.39 Å². The van der Waals surface area contributed by atoms with Crippen LogP contribution in [-0.4, -0.2) is 4.98 Å². The Morgan fingerprint density at radius 3 is 2.22 bits per heavy atom. The van der Waals surface area contributed by atoms with E-state index in [-0.39, 0.29) is 35.3 Å². The first kappa shape index (κ1) is 10.3. The van der Waals surface area contributed by atoms with E-state index < -0.39 is 36.3 Å². The van der Waals surface area contributed by atoms with Gasteiger partial charge in [0, 0.05) is 27.1 Å². The predicted molar refractivity (Wildman–Crippen MR) is 134 cm³/mol. The second kappa shape index (κ2) is 6.60. The number of hydrogen-bond donors (Lipinski definition) is 1. The fourth-order valence-electron chi connectivity index (χ4n) is 4.38. The summed E-state index contributed by atoms with van der Waals surface area (Å²) in [5, 5.41) is 2.57. The molecule has 0 bridgehead atoms. The lowest BCUT2D eigenvalue weighted by Crippen LogP contribution is -1.81. The molecule has 32 heavy (non-hydrogen) atoms. The molecule has 7 rings (SSSR count). The van der Waals surface area contributed by atoms with Crippen LogP contribution in [0.5, 0.6) is 0 Å². The molecule has 0 aliphatic rings. The van der Waals surface area contributed by atoms with Gasteiger partial charge in [-0.2, -0.15) is 0 Å². The zero-order valence-corrected chi connectivity index (χ0v) is 16.5. The van der Waals surface area contributed by atoms with Crippen molar-refractivity contribution >= 4 is 43.7 Å². The maximum atomic E-state index is 8.69. The van der Waals surface area contributed by atoms with Crippen molar-refractivity contribution in [2.75, 3.05) is 0 Å². The third kappa shape index (κ3) is 2.47. The van der Waals surface area contributed by atoms with E-state index in [1.165, 1.54) is 0 Å². The van der Waals surface area contributed by atoms with E-state index in [1.807, 2.05) is 18.2 Å². The van der Waals surface area contributed by atoms with Gasteiger partial charge in [0.25, 0.3) is 0 Å². The van der Waals surface area contributed by atoms with Crippen molar-refractivity contribution in [3.63, 3.8) is 0 Å². The Bertz CT molecular complexity index is 2260. The molecule has 2 heteroatoms. The number of aromatic amines is 1. The van der Waals surface area contributed by atoms with Crippen LogP contribution in [-0.2, 0) is 0 Å². The maximum Gasteiger partial charge on any atom is 0.160 e. The molecule has 2 heterocycles. The summed E-state index contributed by atoms with van der Waals surface area (Å²) in [5.41, 5.74) is 3.21. The van der Waals surface area contributed by atoms with Crippen LogP contribution in [0.3, 0.4) is 0 Å². The van der Waals surface area contributed by atoms with Crippen molar-refractivity contribution < 1.29 is 18.1 Å². The molecule has 2 aromatic heterocycles. The summed E-state index contributed by atoms with van der Waals surface area (Å²) in [5.74, 6) is 0. The highest BCUT2D eigenvalue weighted by Gasteiger charge is 2.19. The summed E-state index contributed by atoms with van der Waals surface area (Å²) in [4.78, 5) is 3.37. The smallest absolute Gasteiger partial charge is 0.160 e. The fourth-order valence-corrected chi connectivity index (χ4v) is 4.38. The van der Waals surface area contributed by atoms with Crippen molar-refractivity contribution in [1.82, 2.24) is 4.98 Å². The summed E-state index contributed by atoms with van der Waals surface area (Å²) >= 11 is 0. The first-order valence-corrected chi connectivity index (χ1v) is 10.1. The molecule has 0 aliphatic heterocycles. The Labute approximate surface area is 198 Å². The SMILES string of the molecule is [2H]c1c([2H])c([2H])c(-c2ccc3[nH]c4c(cc(-c5c([2H])c([2H])c([2H])c([2H])c5[2H])c5c6ccccc6oc45)c3c2)c([2H])c1[2H]. The maximum absolute atomic E-state index is 8.69. The molecule has 0 saturated carbocycles. The lowest BCUT2D eigenvalue weighted by atomic mass is 9.96. The lowest BCUT2D eigenvalue weighted by molar-refractivity contribution is 0.672. The number of fused-ring (bicyclic) bond motifs is 7. The third-order valence-electron chi connectivity index (χ3n) is 5.78. The Kier molecular flexibility index (Phi) is 2.13. The third-order valence-corrected chi connectivity index (χ3v) is 5.78. The molecule has 7 aromatic rings. The lowest BCUT2D eigenvalue weighted by Gasteiger charge is -2.06. The zero-order chi connectivity index (χ0) is 29.8. The molecule has 0 radical (unpaired) electrons. The molecule has 0 saturated heterocycles. The first-order chi connectivity index (χ1) is 20.0. The standard InChI is InChI=1S/C30H19NO/c1-3-9-19(10-4-1)21-15-16-26-24(17-21)25-18-23(20-11-5-2-6-12-20)28-22-13-7-8-14-27(22)32-30(28)29(25)31-26/h1-18,31H/i1D,2D,3D,4D,5D,6D,9D,10D,11D,12D. The van der Waals surface area contributed by atoms with Gasteiger partial charge in [0.05, 0.1) is 19.2 Å². The number of furan rings is 1. The van der Waals surface area contributed by atoms with Gasteiger partial charge in [-0.25, -0.2) is 0 Å². The van der Waals surface area contributed by atoms with Crippen LogP contribution in [0.15, 0.2) is 113 Å². The molecule has 5 aromatic carbocycles. The minimum atomic E-state index is -0.488. The van der Waals surface area contributed by atoms with Crippen LogP contribution in [0.1, 0.15) is 13.7 Å². The summed E-state index contributed by atoms with van der Waals surface area (Å²) in [7, 11) is 0. The Balaban J connectivity index is 1.64. The topological polar surface area (TPSA) is 28.9 Å². The van der Waals surface area contributed by atoms with Crippen molar-refractivity contribution in [2.24, 2.45) is 0 Å². The van der Waals surface area contributed by atoms with Gasteiger partial charge >= 0.3 is 0 Å². The number of aromatic nitrogens is 1. The van der Waals surface area contributed by atoms with Crippen LogP contribution in [0.25, 0.3) is 66.0 Å². The Morgan fingerprint density at radius 1 is 0.656 bits per heavy atom. The van der Waals surface area contributed by atoms with Crippen LogP contribution in [0, 0.1) is 0 Å². The van der Waals surface area contributed by atoms with Crippen molar-refractivity contribution in [3.8, 4) is 22.3 Å². The Hall–Kier alpha value is -4.30. The number of hydrogen-bond acceptors (Lipinski definition) is 1. The van der Waals surface area contributed by atoms with Gasteiger partial charge in [-0.1, -0.05) is 84.7 Å². The largest absolute Gasteiger partial charge is 0.454 e. The molecule has 0 aliphatic carbocycles. The highest BCUT2D eigenvalue weighted by Crippen LogP contribution is 2.43. The van der Waals surface area contributed by atoms with Crippen molar-refractivity contribution in [3.05, 3.63) is 109 Å². The number of benzene rings is 5. The molecule has 2 nitrogen and oxygen atoms in total. The van der Waals surface area contributed by atoms with E-state index in [9.17, 15) is 0 Å². The van der Waals surface area contributed by atoms with Crippen LogP contribution < -0.4 is 0 Å². The van der Waals surface area contributed by atoms with Crippen LogP contribution in [0.4, 0.5) is 0 Å². The molecule has 0 fully saturated rings. The number of H-pyrrole nitrogens is 1. The van der Waals surface area contributed by atoms with Gasteiger partial charge in [-0.15, -0.1) is 0 Å². The number of para-hydroxylation sites is 1. The van der Waals surface area contributed by atoms with Crippen molar-refractivity contribution in [2.45, 2.75) is 0 Å². The van der Waals surface area contributed by atoms with Gasteiger partial charge in [0.15, 0.2) is 5.58 Å². The molecular formula is C30H19NO. The summed E-state index contributed by atoms with van der Waals surface area (Å²) in [6.07, 6.45) is 0. The molecule has 0 amide bonds. The van der Waals surface area contributed by atoms with E-state index in [2.05, 4.69) is 4.98 Å². The molecule has 0 atom stereocenters. The van der Waals surface area contributed by atoms with Gasteiger partial charge in [0.2, 0.25) is 0 Å². The van der Waals surface area contributed by atoms with Crippen LogP contribution in [0.2, 0.25) is 0 Å². The zero-order valence-electron chi connectivity index (χ0n) is 26.5. The highest BCUT2D eigenvalue weighted by molar-refractivity contribution is 6.25. The molecule has 0 spiro atoms. The number of nitrogens with one attached hydrogen (secondary N) is 1. The van der Waals surface area contributed by atoms with Gasteiger partial charge in [-0.3, -0.25) is 0 Å². The summed E-state index contributed by atoms with van der Waals surface area (Å²) in [6, 6.07) is 10.2. The predicted octanol–water partition coefficient (Wildman–Crippen LogP) is 8.55. The number of rotatable bonds is 2. The molecule has 0 unspecified atom stereocenters. The van der Waals surface area contributed by atoms with Crippen LogP contribution >= 0.6 is 0 Å². The summed E-state index contributed by atoms with van der Waals surface area (Å²) < 4.78 is 89.3. The second-order valence-electron chi connectivity index (χ2n) is 7.53. The quantitative estimate of drug-likeness (QED) is 0.299. The van der Waals surface area contributed by atoms with E-state index in [1.54, 1.807) is 30.3 Å². The first-order valence-electron chi connectivity index (χ1n) is 15.1. The molecule has 1 N–H and O–H groups in total. The molecule has 150 valence electrons. The molecular weight excluding hydrogens is 390 g/mol. The normalized spacial score (nSPS) is 16.1. The van der Waals surface area contributed by atoms with E-state index in [4.69, 9.17) is 18.1 Å². The van der Waals surface area contributed by atoms with E-state index in [0.29, 0.717) is 49.5 Å². The summed E-state index contributed by atoms with van der Waals surface area (Å²) in [6.45, 7) is 0.